The maximum atomic E-state index is 10.5. The molecule has 1 fully saturated rings. The number of ether oxygens (including phenoxy) is 1. The van der Waals surface area contributed by atoms with Crippen molar-refractivity contribution >= 4 is 11.3 Å². The first-order valence-corrected chi connectivity index (χ1v) is 6.31. The molecule has 0 radical (unpaired) electrons. The van der Waals surface area contributed by atoms with Crippen molar-refractivity contribution in [2.45, 2.75) is 44.3 Å². The molecule has 84 valence electrons. The molecule has 1 aromatic heterocycles. The van der Waals surface area contributed by atoms with Crippen molar-refractivity contribution in [3.63, 3.8) is 0 Å². The normalized spacial score (nSPS) is 30.3. The molecule has 1 aliphatic heterocycles. The van der Waals surface area contributed by atoms with Gasteiger partial charge in [0.2, 0.25) is 0 Å². The summed E-state index contributed by atoms with van der Waals surface area (Å²) >= 11 is 1.68. The lowest BCUT2D eigenvalue weighted by molar-refractivity contribution is -0.143. The van der Waals surface area contributed by atoms with E-state index in [9.17, 15) is 5.11 Å². The predicted octanol–water partition coefficient (Wildman–Crippen LogP) is 2.61. The van der Waals surface area contributed by atoms with E-state index in [2.05, 4.69) is 16.8 Å². The fraction of sp³-hybridized carbons (Fsp3) is 0.667. The summed E-state index contributed by atoms with van der Waals surface area (Å²) in [6.45, 7) is 4.75. The van der Waals surface area contributed by atoms with Gasteiger partial charge in [0.15, 0.2) is 0 Å². The van der Waals surface area contributed by atoms with E-state index in [4.69, 9.17) is 4.74 Å². The standard InChI is InChI=1S/C12H18O2S/c1-11(2)9-12(13,4-5-14-11)7-10-3-6-15-8-10/h3,6,8,13H,4-5,7,9H2,1-2H3. The van der Waals surface area contributed by atoms with Gasteiger partial charge in [-0.05, 0) is 42.7 Å². The van der Waals surface area contributed by atoms with Gasteiger partial charge in [0.25, 0.3) is 0 Å². The van der Waals surface area contributed by atoms with Crippen LogP contribution in [0.4, 0.5) is 0 Å². The summed E-state index contributed by atoms with van der Waals surface area (Å²) in [5.41, 5.74) is 0.464. The first-order chi connectivity index (χ1) is 6.99. The van der Waals surface area contributed by atoms with Crippen molar-refractivity contribution < 1.29 is 9.84 Å². The SMILES string of the molecule is CC1(C)CC(O)(Cc2ccsc2)CCO1. The number of rotatable bonds is 2. The molecule has 1 atom stereocenters. The van der Waals surface area contributed by atoms with Crippen LogP contribution < -0.4 is 0 Å². The molecule has 1 aliphatic rings. The van der Waals surface area contributed by atoms with Crippen molar-refractivity contribution in [2.75, 3.05) is 6.61 Å². The smallest absolute Gasteiger partial charge is 0.0737 e. The second-order valence-electron chi connectivity index (χ2n) is 5.07. The molecule has 15 heavy (non-hydrogen) atoms. The van der Waals surface area contributed by atoms with Crippen LogP contribution in [0.25, 0.3) is 0 Å². The van der Waals surface area contributed by atoms with E-state index in [-0.39, 0.29) is 5.60 Å². The minimum Gasteiger partial charge on any atom is -0.389 e. The topological polar surface area (TPSA) is 29.5 Å². The third-order valence-electron chi connectivity index (χ3n) is 2.93. The molecule has 2 heterocycles. The van der Waals surface area contributed by atoms with E-state index in [1.165, 1.54) is 5.56 Å². The van der Waals surface area contributed by atoms with Gasteiger partial charge >= 0.3 is 0 Å². The van der Waals surface area contributed by atoms with Crippen LogP contribution in [-0.2, 0) is 11.2 Å². The average Bonchev–Trinajstić information content (AvgIpc) is 2.52. The number of hydrogen-bond acceptors (Lipinski definition) is 3. The number of aliphatic hydroxyl groups is 1. The monoisotopic (exact) mass is 226 g/mol. The van der Waals surface area contributed by atoms with Crippen LogP contribution in [0, 0.1) is 0 Å². The molecule has 0 saturated carbocycles. The van der Waals surface area contributed by atoms with E-state index >= 15 is 0 Å². The Morgan fingerprint density at radius 1 is 1.53 bits per heavy atom. The van der Waals surface area contributed by atoms with Gasteiger partial charge in [0, 0.05) is 12.8 Å². The van der Waals surface area contributed by atoms with Crippen LogP contribution >= 0.6 is 11.3 Å². The Morgan fingerprint density at radius 2 is 2.33 bits per heavy atom. The molecule has 3 heteroatoms. The maximum Gasteiger partial charge on any atom is 0.0737 e. The second kappa shape index (κ2) is 3.89. The van der Waals surface area contributed by atoms with Crippen LogP contribution in [0.3, 0.4) is 0 Å². The summed E-state index contributed by atoms with van der Waals surface area (Å²) in [4.78, 5) is 0. The van der Waals surface area contributed by atoms with E-state index < -0.39 is 5.60 Å². The summed E-state index contributed by atoms with van der Waals surface area (Å²) in [7, 11) is 0. The Morgan fingerprint density at radius 3 is 2.93 bits per heavy atom. The largest absolute Gasteiger partial charge is 0.389 e. The van der Waals surface area contributed by atoms with Crippen LogP contribution in [0.1, 0.15) is 32.3 Å². The van der Waals surface area contributed by atoms with Crippen LogP contribution in [0.15, 0.2) is 16.8 Å². The quantitative estimate of drug-likeness (QED) is 0.840. The predicted molar refractivity (Wildman–Crippen MR) is 62.2 cm³/mol. The minimum atomic E-state index is -0.581. The highest BCUT2D eigenvalue weighted by Gasteiger charge is 2.39. The highest BCUT2D eigenvalue weighted by atomic mass is 32.1. The molecule has 1 unspecified atom stereocenters. The van der Waals surface area contributed by atoms with Crippen LogP contribution in [-0.4, -0.2) is 22.9 Å². The second-order valence-corrected chi connectivity index (χ2v) is 5.85. The molecule has 0 spiro atoms. The molecule has 1 saturated heterocycles. The van der Waals surface area contributed by atoms with Crippen LogP contribution in [0.5, 0.6) is 0 Å². The molecule has 1 N–H and O–H groups in total. The van der Waals surface area contributed by atoms with E-state index in [1.807, 2.05) is 13.8 Å². The fourth-order valence-corrected chi connectivity index (χ4v) is 3.04. The van der Waals surface area contributed by atoms with Crippen molar-refractivity contribution in [3.8, 4) is 0 Å². The lowest BCUT2D eigenvalue weighted by atomic mass is 9.81. The Bertz CT molecular complexity index is 318. The third-order valence-corrected chi connectivity index (χ3v) is 3.66. The molecule has 0 amide bonds. The molecule has 2 nitrogen and oxygen atoms in total. The third kappa shape index (κ3) is 2.80. The molecular weight excluding hydrogens is 208 g/mol. The van der Waals surface area contributed by atoms with Crippen molar-refractivity contribution in [2.24, 2.45) is 0 Å². The van der Waals surface area contributed by atoms with Gasteiger partial charge in [-0.25, -0.2) is 0 Å². The highest BCUT2D eigenvalue weighted by Crippen LogP contribution is 2.34. The highest BCUT2D eigenvalue weighted by molar-refractivity contribution is 7.07. The molecule has 0 bridgehead atoms. The van der Waals surface area contributed by atoms with Crippen molar-refractivity contribution in [1.29, 1.82) is 0 Å². The molecule has 0 aromatic carbocycles. The molecule has 2 rings (SSSR count). The number of hydrogen-bond donors (Lipinski definition) is 1. The Kier molecular flexibility index (Phi) is 2.88. The van der Waals surface area contributed by atoms with Crippen LogP contribution in [0.2, 0.25) is 0 Å². The van der Waals surface area contributed by atoms with Gasteiger partial charge < -0.3 is 9.84 Å². The first kappa shape index (κ1) is 11.1. The van der Waals surface area contributed by atoms with E-state index in [1.54, 1.807) is 11.3 Å². The molecule has 1 aromatic rings. The fourth-order valence-electron chi connectivity index (χ4n) is 2.37. The summed E-state index contributed by atoms with van der Waals surface area (Å²) in [5, 5.41) is 14.7. The summed E-state index contributed by atoms with van der Waals surface area (Å²) in [6.07, 6.45) is 2.21. The van der Waals surface area contributed by atoms with Gasteiger partial charge in [-0.15, -0.1) is 0 Å². The summed E-state index contributed by atoms with van der Waals surface area (Å²) < 4.78 is 5.62. The van der Waals surface area contributed by atoms with Gasteiger partial charge in [0.05, 0.1) is 17.8 Å². The lowest BCUT2D eigenvalue weighted by Crippen LogP contribution is -2.47. The Balaban J connectivity index is 2.06. The first-order valence-electron chi connectivity index (χ1n) is 5.37. The average molecular weight is 226 g/mol. The minimum absolute atomic E-state index is 0.191. The Labute approximate surface area is 94.9 Å². The molecular formula is C12H18O2S. The van der Waals surface area contributed by atoms with Gasteiger partial charge in [-0.2, -0.15) is 11.3 Å². The Hall–Kier alpha value is -0.380. The zero-order valence-corrected chi connectivity index (χ0v) is 10.1. The lowest BCUT2D eigenvalue weighted by Gasteiger charge is -2.41. The van der Waals surface area contributed by atoms with Gasteiger partial charge in [-0.3, -0.25) is 0 Å². The molecule has 0 aliphatic carbocycles. The van der Waals surface area contributed by atoms with E-state index in [0.29, 0.717) is 6.61 Å². The summed E-state index contributed by atoms with van der Waals surface area (Å²) in [6, 6.07) is 2.09. The maximum absolute atomic E-state index is 10.5. The van der Waals surface area contributed by atoms with Gasteiger partial charge in [0.1, 0.15) is 0 Å². The van der Waals surface area contributed by atoms with Gasteiger partial charge in [-0.1, -0.05) is 0 Å². The number of thiophene rings is 1. The zero-order valence-electron chi connectivity index (χ0n) is 9.32. The van der Waals surface area contributed by atoms with E-state index in [0.717, 1.165) is 19.3 Å². The summed E-state index contributed by atoms with van der Waals surface area (Å²) in [5.74, 6) is 0. The zero-order chi connectivity index (χ0) is 10.9. The van der Waals surface area contributed by atoms with Crippen molar-refractivity contribution in [1.82, 2.24) is 0 Å². The van der Waals surface area contributed by atoms with Crippen molar-refractivity contribution in [3.05, 3.63) is 22.4 Å².